The summed E-state index contributed by atoms with van der Waals surface area (Å²) in [7, 11) is 0. The van der Waals surface area contributed by atoms with E-state index in [1.54, 1.807) is 0 Å². The summed E-state index contributed by atoms with van der Waals surface area (Å²) in [5, 5.41) is 7.94. The number of benzene rings is 1. The molecule has 8 heteroatoms. The van der Waals surface area contributed by atoms with E-state index in [9.17, 15) is 19.2 Å². The average molecular weight is 425 g/mol. The number of nitrogens with zero attached hydrogens (tertiary/aromatic N) is 1. The van der Waals surface area contributed by atoms with Crippen molar-refractivity contribution < 1.29 is 19.2 Å². The van der Waals surface area contributed by atoms with Gasteiger partial charge in [0.15, 0.2) is 0 Å². The van der Waals surface area contributed by atoms with Gasteiger partial charge in [0.25, 0.3) is 5.91 Å². The number of rotatable bonds is 4. The Balaban J connectivity index is 1.18. The molecule has 1 saturated heterocycles. The molecule has 1 aromatic rings. The highest BCUT2D eigenvalue weighted by Gasteiger charge is 2.55. The van der Waals surface area contributed by atoms with Gasteiger partial charge in [-0.25, -0.2) is 9.59 Å². The highest BCUT2D eigenvalue weighted by atomic mass is 16.2. The molecule has 6 amide bonds. The topological polar surface area (TPSA) is 108 Å². The summed E-state index contributed by atoms with van der Waals surface area (Å²) in [5.41, 5.74) is 0.706. The third-order valence-electron chi connectivity index (χ3n) is 7.77. The van der Waals surface area contributed by atoms with E-state index in [1.807, 2.05) is 31.2 Å². The van der Waals surface area contributed by atoms with Crippen molar-refractivity contribution in [3.63, 3.8) is 0 Å². The molecule has 8 nitrogen and oxygen atoms in total. The second kappa shape index (κ2) is 7.35. The second-order valence-corrected chi connectivity index (χ2v) is 9.53. The normalized spacial score (nSPS) is 31.6. The predicted molar refractivity (Wildman–Crippen MR) is 112 cm³/mol. The van der Waals surface area contributed by atoms with Crippen LogP contribution in [0.1, 0.15) is 50.2 Å². The lowest BCUT2D eigenvalue weighted by Crippen LogP contribution is -2.50. The van der Waals surface area contributed by atoms with Crippen molar-refractivity contribution >= 4 is 23.9 Å². The van der Waals surface area contributed by atoms with Gasteiger partial charge in [-0.05, 0) is 67.9 Å². The van der Waals surface area contributed by atoms with Crippen molar-refractivity contribution in [2.45, 2.75) is 57.0 Å². The zero-order chi connectivity index (χ0) is 21.8. The predicted octanol–water partition coefficient (Wildman–Crippen LogP) is 2.03. The molecule has 1 heterocycles. The SMILES string of the molecule is CC(NC(=O)NC(=O)CN1C(=O)NC2(CCc3ccccc32)C1=O)C1CC2CCC1C2. The molecule has 1 spiro atoms. The summed E-state index contributed by atoms with van der Waals surface area (Å²) in [4.78, 5) is 51.3. The van der Waals surface area contributed by atoms with Gasteiger partial charge >= 0.3 is 12.1 Å². The first kappa shape index (κ1) is 20.0. The van der Waals surface area contributed by atoms with Crippen LogP contribution in [0.3, 0.4) is 0 Å². The van der Waals surface area contributed by atoms with Crippen molar-refractivity contribution in [2.75, 3.05) is 6.54 Å². The van der Waals surface area contributed by atoms with Crippen LogP contribution in [0, 0.1) is 17.8 Å². The molecular formula is C23H28N4O4. The minimum absolute atomic E-state index is 0.0157. The quantitative estimate of drug-likeness (QED) is 0.643. The number of imide groups is 2. The van der Waals surface area contributed by atoms with Crippen molar-refractivity contribution in [1.29, 1.82) is 0 Å². The third-order valence-corrected chi connectivity index (χ3v) is 7.77. The van der Waals surface area contributed by atoms with E-state index in [-0.39, 0.29) is 6.04 Å². The molecule has 4 aliphatic rings. The van der Waals surface area contributed by atoms with E-state index in [0.29, 0.717) is 24.7 Å². The number of aryl methyl sites for hydroxylation is 1. The maximum atomic E-state index is 13.1. The van der Waals surface area contributed by atoms with Gasteiger partial charge in [0.2, 0.25) is 5.91 Å². The van der Waals surface area contributed by atoms with Crippen LogP contribution >= 0.6 is 0 Å². The maximum absolute atomic E-state index is 13.1. The monoisotopic (exact) mass is 424 g/mol. The molecule has 1 aromatic carbocycles. The van der Waals surface area contributed by atoms with Crippen LogP contribution in [0.15, 0.2) is 24.3 Å². The molecule has 0 radical (unpaired) electrons. The van der Waals surface area contributed by atoms with E-state index in [4.69, 9.17) is 0 Å². The Bertz CT molecular complexity index is 963. The molecule has 5 atom stereocenters. The lowest BCUT2D eigenvalue weighted by Gasteiger charge is -2.28. The van der Waals surface area contributed by atoms with Crippen molar-refractivity contribution in [1.82, 2.24) is 20.9 Å². The van der Waals surface area contributed by atoms with Crippen LogP contribution in [-0.2, 0) is 21.5 Å². The van der Waals surface area contributed by atoms with Crippen molar-refractivity contribution in [3.05, 3.63) is 35.4 Å². The number of hydrogen-bond donors (Lipinski definition) is 3. The molecule has 2 saturated carbocycles. The highest BCUT2D eigenvalue weighted by Crippen LogP contribution is 2.49. The van der Waals surface area contributed by atoms with E-state index >= 15 is 0 Å². The van der Waals surface area contributed by atoms with E-state index in [2.05, 4.69) is 16.0 Å². The molecule has 164 valence electrons. The summed E-state index contributed by atoms with van der Waals surface area (Å²) in [6, 6.07) is 6.33. The van der Waals surface area contributed by atoms with Crippen LogP contribution in [0.4, 0.5) is 9.59 Å². The van der Waals surface area contributed by atoms with Gasteiger partial charge in [-0.2, -0.15) is 0 Å². The number of nitrogens with one attached hydrogen (secondary N) is 3. The first-order valence-electron chi connectivity index (χ1n) is 11.2. The molecule has 2 bridgehead atoms. The summed E-state index contributed by atoms with van der Waals surface area (Å²) < 4.78 is 0. The van der Waals surface area contributed by atoms with Gasteiger partial charge in [-0.1, -0.05) is 30.7 Å². The summed E-state index contributed by atoms with van der Waals surface area (Å²) in [6.45, 7) is 1.50. The average Bonchev–Trinajstić information content (AvgIpc) is 3.50. The van der Waals surface area contributed by atoms with Crippen LogP contribution in [0.2, 0.25) is 0 Å². The largest absolute Gasteiger partial charge is 0.335 e. The molecule has 0 aromatic heterocycles. The van der Waals surface area contributed by atoms with E-state index in [0.717, 1.165) is 28.4 Å². The Morgan fingerprint density at radius 1 is 1.23 bits per heavy atom. The molecule has 3 aliphatic carbocycles. The van der Waals surface area contributed by atoms with Crippen LogP contribution < -0.4 is 16.0 Å². The fourth-order valence-electron chi connectivity index (χ4n) is 6.30. The van der Waals surface area contributed by atoms with Gasteiger partial charge < -0.3 is 10.6 Å². The lowest BCUT2D eigenvalue weighted by molar-refractivity contribution is -0.135. The second-order valence-electron chi connectivity index (χ2n) is 9.53. The Morgan fingerprint density at radius 2 is 2.03 bits per heavy atom. The van der Waals surface area contributed by atoms with Crippen molar-refractivity contribution in [2.24, 2.45) is 17.8 Å². The lowest BCUT2D eigenvalue weighted by atomic mass is 9.84. The Morgan fingerprint density at radius 3 is 2.77 bits per heavy atom. The minimum Gasteiger partial charge on any atom is -0.335 e. The van der Waals surface area contributed by atoms with Crippen LogP contribution in [0.5, 0.6) is 0 Å². The molecule has 5 unspecified atom stereocenters. The van der Waals surface area contributed by atoms with E-state index < -0.39 is 36.0 Å². The number of hydrogen-bond acceptors (Lipinski definition) is 4. The number of fused-ring (bicyclic) bond motifs is 4. The molecule has 3 N–H and O–H groups in total. The van der Waals surface area contributed by atoms with Gasteiger partial charge in [0.05, 0.1) is 0 Å². The fourth-order valence-corrected chi connectivity index (χ4v) is 6.30. The van der Waals surface area contributed by atoms with Crippen molar-refractivity contribution in [3.8, 4) is 0 Å². The molecular weight excluding hydrogens is 396 g/mol. The smallest absolute Gasteiger partial charge is 0.325 e. The zero-order valence-corrected chi connectivity index (χ0v) is 17.6. The summed E-state index contributed by atoms with van der Waals surface area (Å²) >= 11 is 0. The number of carbonyl (C=O) groups is 4. The number of urea groups is 2. The third kappa shape index (κ3) is 3.28. The number of amides is 6. The van der Waals surface area contributed by atoms with Gasteiger partial charge in [0.1, 0.15) is 12.1 Å². The zero-order valence-electron chi connectivity index (χ0n) is 17.6. The Kier molecular flexibility index (Phi) is 4.75. The first-order valence-corrected chi connectivity index (χ1v) is 11.2. The fraction of sp³-hybridized carbons (Fsp3) is 0.565. The molecule has 31 heavy (non-hydrogen) atoms. The standard InChI is InChI=1S/C23H28N4O4/c1-13(17-11-14-6-7-16(17)10-14)24-21(30)25-19(28)12-27-20(29)23(26-22(27)31)9-8-15-4-2-3-5-18(15)23/h2-5,13-14,16-17H,6-12H2,1H3,(H,26,31)(H2,24,25,28,30). The Hall–Kier alpha value is -2.90. The van der Waals surface area contributed by atoms with E-state index in [1.165, 1.54) is 19.3 Å². The minimum atomic E-state index is -1.10. The van der Waals surface area contributed by atoms with Gasteiger partial charge in [0, 0.05) is 6.04 Å². The van der Waals surface area contributed by atoms with Gasteiger partial charge in [-0.3, -0.25) is 19.8 Å². The maximum Gasteiger partial charge on any atom is 0.325 e. The highest BCUT2D eigenvalue weighted by molar-refractivity contribution is 6.10. The van der Waals surface area contributed by atoms with Gasteiger partial charge in [-0.15, -0.1) is 0 Å². The first-order chi connectivity index (χ1) is 14.9. The summed E-state index contributed by atoms with van der Waals surface area (Å²) in [6.07, 6.45) is 6.04. The Labute approximate surface area is 181 Å². The summed E-state index contributed by atoms with van der Waals surface area (Å²) in [5.74, 6) is 0.773. The van der Waals surface area contributed by atoms with Crippen LogP contribution in [0.25, 0.3) is 0 Å². The molecule has 3 fully saturated rings. The molecule has 5 rings (SSSR count). The molecule has 1 aliphatic heterocycles. The van der Waals surface area contributed by atoms with Crippen LogP contribution in [-0.4, -0.2) is 41.4 Å². The number of carbonyl (C=O) groups excluding carboxylic acids is 4.